The van der Waals surface area contributed by atoms with Crippen molar-refractivity contribution in [2.45, 2.75) is 18.4 Å². The third kappa shape index (κ3) is 6.04. The number of hydroxylamine groups is 2. The van der Waals surface area contributed by atoms with Gasteiger partial charge < -0.3 is 10.1 Å². The SMILES string of the molecule is COc1ccccc1CONC=CNC(=O)c1ccc(C2=CC(c3cc(Cl)c(F)c(Cl)c3)(C(F)(F)F)ON2)c2ccccc12. The second kappa shape index (κ2) is 12.7. The summed E-state index contributed by atoms with van der Waals surface area (Å²) in [7, 11) is 1.56. The predicted molar refractivity (Wildman–Crippen MR) is 158 cm³/mol. The number of rotatable bonds is 9. The molecule has 5 rings (SSSR count). The standard InChI is InChI=1S/C31H23Cl2F4N3O4/c1-42-27-9-5-2-6-18(27)17-43-39-13-12-38-29(41)23-11-10-22(20-7-3-4-8-21(20)23)26-16-30(44-40-26,31(35,36)37)19-14-24(32)28(34)25(33)15-19/h2-16,39-40H,17H2,1H3,(H,38,41). The minimum absolute atomic E-state index is 0.0293. The Morgan fingerprint density at radius 3 is 2.39 bits per heavy atom. The molecule has 228 valence electrons. The molecular formula is C31H23Cl2F4N3O4. The second-order valence-electron chi connectivity index (χ2n) is 9.48. The fraction of sp³-hybridized carbons (Fsp3) is 0.129. The van der Waals surface area contributed by atoms with Crippen molar-refractivity contribution < 1.29 is 36.8 Å². The lowest BCUT2D eigenvalue weighted by molar-refractivity contribution is -0.269. The number of halogens is 6. The van der Waals surface area contributed by atoms with Crippen molar-refractivity contribution in [2.75, 3.05) is 7.11 Å². The first-order valence-corrected chi connectivity index (χ1v) is 13.7. The third-order valence-corrected chi connectivity index (χ3v) is 7.38. The van der Waals surface area contributed by atoms with Crippen LogP contribution in [0.3, 0.4) is 0 Å². The maximum atomic E-state index is 14.5. The zero-order chi connectivity index (χ0) is 31.5. The van der Waals surface area contributed by atoms with Crippen molar-refractivity contribution in [2.24, 2.45) is 0 Å². The summed E-state index contributed by atoms with van der Waals surface area (Å²) in [6, 6.07) is 18.7. The molecular weight excluding hydrogens is 625 g/mol. The summed E-state index contributed by atoms with van der Waals surface area (Å²) in [4.78, 5) is 23.6. The summed E-state index contributed by atoms with van der Waals surface area (Å²) in [6.45, 7) is 0.207. The molecule has 0 saturated heterocycles. The van der Waals surface area contributed by atoms with Gasteiger partial charge in [-0.05, 0) is 41.1 Å². The van der Waals surface area contributed by atoms with Crippen molar-refractivity contribution in [3.8, 4) is 5.75 Å². The molecule has 0 aliphatic carbocycles. The van der Waals surface area contributed by atoms with Crippen LogP contribution in [0, 0.1) is 5.82 Å². The number of benzene rings is 4. The first kappa shape index (κ1) is 31.1. The van der Waals surface area contributed by atoms with Crippen LogP contribution in [0.15, 0.2) is 91.3 Å². The van der Waals surface area contributed by atoms with Crippen molar-refractivity contribution in [3.05, 3.63) is 129 Å². The van der Waals surface area contributed by atoms with Gasteiger partial charge in [-0.25, -0.2) is 4.39 Å². The minimum Gasteiger partial charge on any atom is -0.496 e. The van der Waals surface area contributed by atoms with Gasteiger partial charge in [0.2, 0.25) is 5.60 Å². The number of para-hydroxylation sites is 1. The summed E-state index contributed by atoms with van der Waals surface area (Å²) in [5.74, 6) is -0.846. The summed E-state index contributed by atoms with van der Waals surface area (Å²) in [5, 5.41) is 2.39. The lowest BCUT2D eigenvalue weighted by Crippen LogP contribution is -2.42. The lowest BCUT2D eigenvalue weighted by atomic mass is 9.90. The quantitative estimate of drug-likeness (QED) is 0.0753. The number of hydrogen-bond donors (Lipinski definition) is 3. The fourth-order valence-corrected chi connectivity index (χ4v) is 5.18. The summed E-state index contributed by atoms with van der Waals surface area (Å²) >= 11 is 11.6. The van der Waals surface area contributed by atoms with Crippen LogP contribution in [-0.2, 0) is 21.9 Å². The molecule has 0 fully saturated rings. The number of nitrogens with one attached hydrogen (secondary N) is 3. The van der Waals surface area contributed by atoms with Gasteiger partial charge in [-0.1, -0.05) is 71.7 Å². The number of carbonyl (C=O) groups excluding carboxylic acids is 1. The van der Waals surface area contributed by atoms with Crippen LogP contribution < -0.4 is 21.0 Å². The highest BCUT2D eigenvalue weighted by atomic mass is 35.5. The number of fused-ring (bicyclic) bond motifs is 1. The van der Waals surface area contributed by atoms with Gasteiger partial charge in [0.05, 0.1) is 22.9 Å². The smallest absolute Gasteiger partial charge is 0.428 e. The Bertz CT molecular complexity index is 1760. The van der Waals surface area contributed by atoms with E-state index in [4.69, 9.17) is 37.6 Å². The van der Waals surface area contributed by atoms with E-state index in [-0.39, 0.29) is 17.9 Å². The van der Waals surface area contributed by atoms with Gasteiger partial charge in [0.1, 0.15) is 12.4 Å². The molecule has 0 spiro atoms. The molecule has 0 saturated carbocycles. The fourth-order valence-electron chi connectivity index (χ4n) is 4.70. The van der Waals surface area contributed by atoms with Crippen molar-refractivity contribution >= 4 is 45.6 Å². The third-order valence-electron chi connectivity index (χ3n) is 6.83. The number of amides is 1. The molecule has 0 aromatic heterocycles. The minimum atomic E-state index is -4.99. The average Bonchev–Trinajstić information content (AvgIpc) is 3.48. The zero-order valence-electron chi connectivity index (χ0n) is 22.8. The van der Waals surface area contributed by atoms with Crippen LogP contribution in [0.4, 0.5) is 17.6 Å². The number of alkyl halides is 3. The molecule has 4 aromatic rings. The van der Waals surface area contributed by atoms with E-state index < -0.39 is 39.1 Å². The van der Waals surface area contributed by atoms with E-state index in [1.165, 1.54) is 24.5 Å². The lowest BCUT2D eigenvalue weighted by Gasteiger charge is -2.28. The van der Waals surface area contributed by atoms with Crippen LogP contribution in [0.5, 0.6) is 5.75 Å². The molecule has 1 amide bonds. The molecule has 1 heterocycles. The topological polar surface area (TPSA) is 80.9 Å². The van der Waals surface area contributed by atoms with Gasteiger partial charge in [-0.2, -0.15) is 13.2 Å². The first-order valence-electron chi connectivity index (χ1n) is 12.9. The van der Waals surface area contributed by atoms with Gasteiger partial charge in [-0.15, -0.1) is 0 Å². The molecule has 3 N–H and O–H groups in total. The second-order valence-corrected chi connectivity index (χ2v) is 10.3. The van der Waals surface area contributed by atoms with E-state index >= 15 is 0 Å². The number of carbonyl (C=O) groups is 1. The maximum absolute atomic E-state index is 14.5. The average molecular weight is 648 g/mol. The monoisotopic (exact) mass is 647 g/mol. The van der Waals surface area contributed by atoms with E-state index in [0.29, 0.717) is 22.1 Å². The van der Waals surface area contributed by atoms with Crippen LogP contribution in [0.1, 0.15) is 27.0 Å². The number of hydrogen-bond acceptors (Lipinski definition) is 6. The molecule has 0 bridgehead atoms. The first-order chi connectivity index (χ1) is 21.1. The maximum Gasteiger partial charge on any atom is 0.428 e. The zero-order valence-corrected chi connectivity index (χ0v) is 24.3. The molecule has 1 unspecified atom stereocenters. The molecule has 1 aliphatic rings. The molecule has 0 radical (unpaired) electrons. The summed E-state index contributed by atoms with van der Waals surface area (Å²) < 4.78 is 62.7. The molecule has 1 aliphatic heterocycles. The predicted octanol–water partition coefficient (Wildman–Crippen LogP) is 7.55. The van der Waals surface area contributed by atoms with Gasteiger partial charge in [-0.3, -0.25) is 25.4 Å². The van der Waals surface area contributed by atoms with Crippen LogP contribution in [0.25, 0.3) is 16.5 Å². The Hall–Kier alpha value is -4.29. The van der Waals surface area contributed by atoms with Crippen LogP contribution in [0.2, 0.25) is 10.0 Å². The Labute approximate surface area is 258 Å². The molecule has 4 aromatic carbocycles. The van der Waals surface area contributed by atoms with Crippen molar-refractivity contribution in [1.29, 1.82) is 0 Å². The van der Waals surface area contributed by atoms with E-state index in [2.05, 4.69) is 16.3 Å². The normalized spacial score (nSPS) is 16.6. The Morgan fingerprint density at radius 2 is 1.68 bits per heavy atom. The number of ether oxygens (including phenoxy) is 1. The summed E-state index contributed by atoms with van der Waals surface area (Å²) in [5.41, 5.74) is 2.81. The van der Waals surface area contributed by atoms with Gasteiger partial charge in [0, 0.05) is 34.7 Å². The molecule has 7 nitrogen and oxygen atoms in total. The van der Waals surface area contributed by atoms with E-state index in [1.807, 2.05) is 18.2 Å². The van der Waals surface area contributed by atoms with Gasteiger partial charge >= 0.3 is 6.18 Å². The van der Waals surface area contributed by atoms with E-state index in [1.54, 1.807) is 37.4 Å². The Morgan fingerprint density at radius 1 is 1.00 bits per heavy atom. The van der Waals surface area contributed by atoms with Crippen LogP contribution >= 0.6 is 23.2 Å². The highest BCUT2D eigenvalue weighted by Gasteiger charge is 2.60. The number of methoxy groups -OCH3 is 1. The van der Waals surface area contributed by atoms with Crippen LogP contribution in [-0.4, -0.2) is 19.2 Å². The molecule has 44 heavy (non-hydrogen) atoms. The highest BCUT2D eigenvalue weighted by Crippen LogP contribution is 2.49. The van der Waals surface area contributed by atoms with Crippen molar-refractivity contribution in [1.82, 2.24) is 16.3 Å². The highest BCUT2D eigenvalue weighted by molar-refractivity contribution is 6.35. The Kier molecular flexibility index (Phi) is 9.02. The largest absolute Gasteiger partial charge is 0.496 e. The van der Waals surface area contributed by atoms with E-state index in [9.17, 15) is 22.4 Å². The molecule has 1 atom stereocenters. The molecule has 13 heteroatoms. The summed E-state index contributed by atoms with van der Waals surface area (Å²) in [6.07, 6.45) is -1.43. The van der Waals surface area contributed by atoms with Crippen molar-refractivity contribution in [3.63, 3.8) is 0 Å². The Balaban J connectivity index is 1.37. The van der Waals surface area contributed by atoms with Gasteiger partial charge in [0.25, 0.3) is 5.91 Å². The van der Waals surface area contributed by atoms with E-state index in [0.717, 1.165) is 23.8 Å². The van der Waals surface area contributed by atoms with Gasteiger partial charge in [0.15, 0.2) is 5.82 Å².